The summed E-state index contributed by atoms with van der Waals surface area (Å²) >= 11 is 0. The number of esters is 1. The van der Waals surface area contributed by atoms with Crippen molar-refractivity contribution in [2.45, 2.75) is 45.3 Å². The molecule has 6 heteroatoms. The summed E-state index contributed by atoms with van der Waals surface area (Å²) in [5.74, 6) is -0.388. The van der Waals surface area contributed by atoms with Crippen LogP contribution in [0, 0.1) is 5.92 Å². The first-order valence-corrected chi connectivity index (χ1v) is 9.06. The molecule has 1 amide bonds. The summed E-state index contributed by atoms with van der Waals surface area (Å²) in [5.41, 5.74) is 1.22. The van der Waals surface area contributed by atoms with Crippen molar-refractivity contribution in [3.05, 3.63) is 35.6 Å². The van der Waals surface area contributed by atoms with Crippen molar-refractivity contribution in [2.24, 2.45) is 5.92 Å². The molecule has 2 aromatic rings. The van der Waals surface area contributed by atoms with Gasteiger partial charge in [-0.15, -0.1) is 0 Å². The van der Waals surface area contributed by atoms with Gasteiger partial charge >= 0.3 is 5.97 Å². The number of rotatable bonds is 6. The van der Waals surface area contributed by atoms with E-state index < -0.39 is 5.97 Å². The number of ether oxygens (including phenoxy) is 2. The molecule has 1 N–H and O–H groups in total. The third kappa shape index (κ3) is 4.07. The zero-order chi connectivity index (χ0) is 18.5. The maximum atomic E-state index is 12.4. The third-order valence-corrected chi connectivity index (χ3v) is 4.96. The molecular weight excluding hydrogens is 334 g/mol. The van der Waals surface area contributed by atoms with Crippen LogP contribution in [0.15, 0.2) is 28.7 Å². The van der Waals surface area contributed by atoms with Crippen LogP contribution in [0.2, 0.25) is 0 Å². The molecule has 0 unspecified atom stereocenters. The number of benzene rings is 1. The molecule has 0 radical (unpaired) electrons. The predicted molar refractivity (Wildman–Crippen MR) is 96.8 cm³/mol. The van der Waals surface area contributed by atoms with Gasteiger partial charge in [0.1, 0.15) is 5.58 Å². The van der Waals surface area contributed by atoms with Gasteiger partial charge in [-0.05, 0) is 24.8 Å². The molecule has 1 heterocycles. The zero-order valence-electron chi connectivity index (χ0n) is 15.2. The van der Waals surface area contributed by atoms with Crippen molar-refractivity contribution in [3.8, 4) is 0 Å². The smallest absolute Gasteiger partial charge is 0.375 e. The number of furan rings is 1. The van der Waals surface area contributed by atoms with Gasteiger partial charge in [0, 0.05) is 24.1 Å². The van der Waals surface area contributed by atoms with Crippen LogP contribution in [0.1, 0.15) is 48.7 Å². The molecule has 0 saturated heterocycles. The average molecular weight is 359 g/mol. The Balaban J connectivity index is 1.63. The first-order chi connectivity index (χ1) is 12.6. The Kier molecular flexibility index (Phi) is 5.93. The number of methoxy groups -OCH3 is 1. The second-order valence-electron chi connectivity index (χ2n) is 6.85. The molecule has 0 spiro atoms. The number of carbonyl (C=O) groups is 2. The molecule has 140 valence electrons. The van der Waals surface area contributed by atoms with Crippen LogP contribution in [0.25, 0.3) is 11.0 Å². The average Bonchev–Trinajstić information content (AvgIpc) is 3.01. The normalized spacial score (nSPS) is 20.1. The Hall–Kier alpha value is -2.34. The summed E-state index contributed by atoms with van der Waals surface area (Å²) in [6.07, 6.45) is 4.41. The van der Waals surface area contributed by atoms with Crippen LogP contribution in [-0.2, 0) is 20.9 Å². The predicted octanol–water partition coefficient (Wildman–Crippen LogP) is 3.43. The summed E-state index contributed by atoms with van der Waals surface area (Å²) in [6, 6.07) is 7.50. The SMILES string of the molecule is COCc1c(C(=O)OCC(=O)N[C@H]2CCCC[C@@H]2C)oc2ccccc12. The first kappa shape index (κ1) is 18.5. The molecule has 1 aromatic heterocycles. The quantitative estimate of drug-likeness (QED) is 0.800. The minimum absolute atomic E-state index is 0.0897. The minimum atomic E-state index is -0.653. The summed E-state index contributed by atoms with van der Waals surface area (Å²) < 4.78 is 16.0. The van der Waals surface area contributed by atoms with Gasteiger partial charge in [-0.3, -0.25) is 4.79 Å². The Labute approximate surface area is 152 Å². The summed E-state index contributed by atoms with van der Waals surface area (Å²) in [7, 11) is 1.55. The number of fused-ring (bicyclic) bond motifs is 1. The van der Waals surface area contributed by atoms with Crippen LogP contribution in [-0.4, -0.2) is 31.6 Å². The fourth-order valence-electron chi connectivity index (χ4n) is 3.53. The number of carbonyl (C=O) groups excluding carboxylic acids is 2. The monoisotopic (exact) mass is 359 g/mol. The Morgan fingerprint density at radius 3 is 2.77 bits per heavy atom. The van der Waals surface area contributed by atoms with E-state index in [0.29, 0.717) is 17.1 Å². The molecule has 0 bridgehead atoms. The fraction of sp³-hybridized carbons (Fsp3) is 0.500. The van der Waals surface area contributed by atoms with Crippen LogP contribution >= 0.6 is 0 Å². The zero-order valence-corrected chi connectivity index (χ0v) is 15.2. The minimum Gasteiger partial charge on any atom is -0.450 e. The third-order valence-electron chi connectivity index (χ3n) is 4.96. The molecule has 1 saturated carbocycles. The van der Waals surface area contributed by atoms with Crippen LogP contribution < -0.4 is 5.32 Å². The van der Waals surface area contributed by atoms with Gasteiger partial charge in [0.2, 0.25) is 5.76 Å². The number of hydrogen-bond donors (Lipinski definition) is 1. The van der Waals surface area contributed by atoms with Crippen molar-refractivity contribution in [1.82, 2.24) is 5.32 Å². The fourth-order valence-corrected chi connectivity index (χ4v) is 3.53. The largest absolute Gasteiger partial charge is 0.450 e. The van der Waals surface area contributed by atoms with Gasteiger partial charge in [0.05, 0.1) is 6.61 Å². The van der Waals surface area contributed by atoms with Gasteiger partial charge in [0.15, 0.2) is 6.61 Å². The second kappa shape index (κ2) is 8.36. The number of para-hydroxylation sites is 1. The molecule has 26 heavy (non-hydrogen) atoms. The Morgan fingerprint density at radius 1 is 1.23 bits per heavy atom. The standard InChI is InChI=1S/C20H25NO5/c1-13-7-3-5-9-16(13)21-18(22)12-25-20(23)19-15(11-24-2)14-8-4-6-10-17(14)26-19/h4,6,8,10,13,16H,3,5,7,9,11-12H2,1-2H3,(H,21,22)/t13-,16-/m0/s1. The topological polar surface area (TPSA) is 77.8 Å². The summed E-state index contributed by atoms with van der Waals surface area (Å²) in [6.45, 7) is 2.06. The molecular formula is C20H25NO5. The van der Waals surface area contributed by atoms with E-state index in [0.717, 1.165) is 24.6 Å². The maximum Gasteiger partial charge on any atom is 0.375 e. The van der Waals surface area contributed by atoms with Crippen molar-refractivity contribution in [3.63, 3.8) is 0 Å². The Morgan fingerprint density at radius 2 is 2.00 bits per heavy atom. The van der Waals surface area contributed by atoms with E-state index >= 15 is 0 Å². The number of hydrogen-bond acceptors (Lipinski definition) is 5. The molecule has 1 aliphatic carbocycles. The van der Waals surface area contributed by atoms with Gasteiger partial charge < -0.3 is 19.2 Å². The van der Waals surface area contributed by atoms with Gasteiger partial charge in [-0.1, -0.05) is 38.0 Å². The maximum absolute atomic E-state index is 12.4. The molecule has 3 rings (SSSR count). The lowest BCUT2D eigenvalue weighted by molar-refractivity contribution is -0.125. The summed E-state index contributed by atoms with van der Waals surface area (Å²) in [4.78, 5) is 24.6. The van der Waals surface area contributed by atoms with E-state index in [2.05, 4.69) is 12.2 Å². The first-order valence-electron chi connectivity index (χ1n) is 9.06. The second-order valence-corrected chi connectivity index (χ2v) is 6.85. The van der Waals surface area contributed by atoms with Crippen LogP contribution in [0.3, 0.4) is 0 Å². The van der Waals surface area contributed by atoms with E-state index in [1.54, 1.807) is 13.2 Å². The van der Waals surface area contributed by atoms with Crippen LogP contribution in [0.4, 0.5) is 0 Å². The molecule has 0 aliphatic heterocycles. The van der Waals surface area contributed by atoms with Crippen molar-refractivity contribution in [2.75, 3.05) is 13.7 Å². The van der Waals surface area contributed by atoms with Crippen molar-refractivity contribution in [1.29, 1.82) is 0 Å². The number of nitrogens with one attached hydrogen (secondary N) is 1. The molecule has 1 aliphatic rings. The van der Waals surface area contributed by atoms with Crippen molar-refractivity contribution >= 4 is 22.8 Å². The van der Waals surface area contributed by atoms with Gasteiger partial charge in [-0.2, -0.15) is 0 Å². The van der Waals surface area contributed by atoms with E-state index in [1.165, 1.54) is 6.42 Å². The van der Waals surface area contributed by atoms with Crippen LogP contribution in [0.5, 0.6) is 0 Å². The Bertz CT molecular complexity index is 782. The molecule has 1 fully saturated rings. The highest BCUT2D eigenvalue weighted by molar-refractivity contribution is 5.96. The highest BCUT2D eigenvalue weighted by Crippen LogP contribution is 2.27. The van der Waals surface area contributed by atoms with E-state index in [1.807, 2.05) is 18.2 Å². The lowest BCUT2D eigenvalue weighted by atomic mass is 9.86. The highest BCUT2D eigenvalue weighted by atomic mass is 16.5. The highest BCUT2D eigenvalue weighted by Gasteiger charge is 2.25. The molecule has 2 atom stereocenters. The molecule has 6 nitrogen and oxygen atoms in total. The lowest BCUT2D eigenvalue weighted by Gasteiger charge is -2.29. The van der Waals surface area contributed by atoms with E-state index in [-0.39, 0.29) is 30.9 Å². The van der Waals surface area contributed by atoms with Gasteiger partial charge in [0.25, 0.3) is 5.91 Å². The van der Waals surface area contributed by atoms with E-state index in [9.17, 15) is 9.59 Å². The number of amides is 1. The molecule has 1 aromatic carbocycles. The summed E-state index contributed by atoms with van der Waals surface area (Å²) in [5, 5.41) is 3.78. The lowest BCUT2D eigenvalue weighted by Crippen LogP contribution is -2.42. The van der Waals surface area contributed by atoms with Gasteiger partial charge in [-0.25, -0.2) is 4.79 Å². The van der Waals surface area contributed by atoms with Crippen molar-refractivity contribution < 1.29 is 23.5 Å². The van der Waals surface area contributed by atoms with E-state index in [4.69, 9.17) is 13.9 Å².